The molecule has 1 aromatic heterocycles. The number of nitrogens with zero attached hydrogens (tertiary/aromatic N) is 2. The summed E-state index contributed by atoms with van der Waals surface area (Å²) in [4.78, 5) is 0. The molecular weight excluding hydrogens is 248 g/mol. The summed E-state index contributed by atoms with van der Waals surface area (Å²) in [6, 6.07) is 0. The molecule has 0 spiro atoms. The van der Waals surface area contributed by atoms with Gasteiger partial charge < -0.3 is 4.42 Å². The molecule has 0 saturated carbocycles. The number of terminal acetylenes is 1. The van der Waals surface area contributed by atoms with E-state index in [1.807, 2.05) is 0 Å². The lowest BCUT2D eigenvalue weighted by molar-refractivity contribution is 0.393. The Labute approximate surface area is 97.9 Å². The molecule has 0 amide bonds. The highest BCUT2D eigenvalue weighted by Crippen LogP contribution is 2.29. The van der Waals surface area contributed by atoms with Gasteiger partial charge in [0.25, 0.3) is 5.22 Å². The first-order valence-electron chi connectivity index (χ1n) is 4.71. The van der Waals surface area contributed by atoms with Gasteiger partial charge in [-0.15, -0.1) is 16.6 Å². The summed E-state index contributed by atoms with van der Waals surface area (Å²) in [6.45, 7) is 0. The molecule has 1 aromatic rings. The monoisotopic (exact) mass is 258 g/mol. The van der Waals surface area contributed by atoms with E-state index in [2.05, 4.69) is 16.1 Å². The predicted molar refractivity (Wildman–Crippen MR) is 59.9 cm³/mol. The van der Waals surface area contributed by atoms with Gasteiger partial charge in [0.1, 0.15) is 0 Å². The largest absolute Gasteiger partial charge is 0.416 e. The maximum atomic E-state index is 11.3. The summed E-state index contributed by atoms with van der Waals surface area (Å²) >= 11 is 1.27. The van der Waals surface area contributed by atoms with Crippen LogP contribution in [0.4, 0.5) is 0 Å². The molecule has 1 saturated heterocycles. The molecule has 0 radical (unpaired) electrons. The zero-order valence-corrected chi connectivity index (χ0v) is 10.1. The van der Waals surface area contributed by atoms with Gasteiger partial charge >= 0.3 is 0 Å². The van der Waals surface area contributed by atoms with Crippen molar-refractivity contribution in [1.82, 2.24) is 10.2 Å². The summed E-state index contributed by atoms with van der Waals surface area (Å²) in [5, 5.41) is 8.05. The van der Waals surface area contributed by atoms with Gasteiger partial charge in [-0.25, -0.2) is 8.42 Å². The number of sulfone groups is 1. The summed E-state index contributed by atoms with van der Waals surface area (Å²) in [5.41, 5.74) is 0. The van der Waals surface area contributed by atoms with Crippen molar-refractivity contribution in [3.63, 3.8) is 0 Å². The maximum absolute atomic E-state index is 11.3. The highest BCUT2D eigenvalue weighted by Gasteiger charge is 2.32. The smallest absolute Gasteiger partial charge is 0.277 e. The third-order valence-electron chi connectivity index (χ3n) is 2.28. The second kappa shape index (κ2) is 4.47. The van der Waals surface area contributed by atoms with Crippen LogP contribution in [0.25, 0.3) is 0 Å². The van der Waals surface area contributed by atoms with Crippen LogP contribution in [0.3, 0.4) is 0 Å². The topological polar surface area (TPSA) is 73.1 Å². The minimum Gasteiger partial charge on any atom is -0.416 e. The maximum Gasteiger partial charge on any atom is 0.277 e. The Morgan fingerprint density at radius 1 is 1.56 bits per heavy atom. The van der Waals surface area contributed by atoms with Crippen molar-refractivity contribution in [1.29, 1.82) is 0 Å². The normalized spacial score (nSPS) is 23.1. The zero-order valence-electron chi connectivity index (χ0n) is 8.42. The van der Waals surface area contributed by atoms with Crippen molar-refractivity contribution in [2.45, 2.75) is 17.6 Å². The fraction of sp³-hybridized carbons (Fsp3) is 0.556. The lowest BCUT2D eigenvalue weighted by Gasteiger charge is -1.98. The van der Waals surface area contributed by atoms with Gasteiger partial charge in [0.15, 0.2) is 9.84 Å². The van der Waals surface area contributed by atoms with Crippen LogP contribution in [-0.2, 0) is 9.84 Å². The molecule has 5 nitrogen and oxygen atoms in total. The lowest BCUT2D eigenvalue weighted by atomic mass is 10.1. The van der Waals surface area contributed by atoms with Crippen LogP contribution in [0.15, 0.2) is 9.64 Å². The zero-order chi connectivity index (χ0) is 11.6. The van der Waals surface area contributed by atoms with Crippen LogP contribution in [0, 0.1) is 12.3 Å². The molecule has 1 aliphatic rings. The SMILES string of the molecule is C#CCSc1nnc([C@H]2CCS(=O)(=O)C2)o1. The Morgan fingerprint density at radius 3 is 3.00 bits per heavy atom. The Bertz CT molecular complexity index is 515. The highest BCUT2D eigenvalue weighted by molar-refractivity contribution is 7.99. The summed E-state index contributed by atoms with van der Waals surface area (Å²) in [5.74, 6) is 3.47. The first kappa shape index (κ1) is 11.5. The minimum atomic E-state index is -2.92. The number of hydrogen-bond acceptors (Lipinski definition) is 6. The minimum absolute atomic E-state index is 0.106. The van der Waals surface area contributed by atoms with E-state index in [4.69, 9.17) is 10.8 Å². The van der Waals surface area contributed by atoms with Crippen molar-refractivity contribution >= 4 is 21.6 Å². The van der Waals surface area contributed by atoms with Crippen molar-refractivity contribution < 1.29 is 12.8 Å². The molecule has 2 heterocycles. The molecule has 16 heavy (non-hydrogen) atoms. The fourth-order valence-corrected chi connectivity index (χ4v) is 3.72. The standard InChI is InChI=1S/C9H10N2O3S2/c1-2-4-15-9-11-10-8(14-9)7-3-5-16(12,13)6-7/h1,7H,3-6H2/t7-/m0/s1. The Kier molecular flexibility index (Phi) is 3.21. The van der Waals surface area contributed by atoms with Crippen LogP contribution in [0.1, 0.15) is 18.2 Å². The molecule has 0 bridgehead atoms. The van der Waals surface area contributed by atoms with E-state index in [1.165, 1.54) is 11.8 Å². The number of thioether (sulfide) groups is 1. The molecule has 1 fully saturated rings. The van der Waals surface area contributed by atoms with E-state index >= 15 is 0 Å². The molecule has 0 unspecified atom stereocenters. The van der Waals surface area contributed by atoms with Crippen LogP contribution < -0.4 is 0 Å². The second-order valence-electron chi connectivity index (χ2n) is 3.50. The molecule has 0 aromatic carbocycles. The summed E-state index contributed by atoms with van der Waals surface area (Å²) in [7, 11) is -2.92. The first-order chi connectivity index (χ1) is 7.61. The Balaban J connectivity index is 2.06. The fourth-order valence-electron chi connectivity index (χ4n) is 1.54. The van der Waals surface area contributed by atoms with Gasteiger partial charge in [-0.3, -0.25) is 0 Å². The van der Waals surface area contributed by atoms with Crippen molar-refractivity contribution in [2.75, 3.05) is 17.3 Å². The average molecular weight is 258 g/mol. The third kappa shape index (κ3) is 2.57. The van der Waals surface area contributed by atoms with E-state index < -0.39 is 9.84 Å². The van der Waals surface area contributed by atoms with Crippen LogP contribution >= 0.6 is 11.8 Å². The number of hydrogen-bond donors (Lipinski definition) is 0. The molecule has 2 rings (SSSR count). The van der Waals surface area contributed by atoms with E-state index in [-0.39, 0.29) is 17.4 Å². The van der Waals surface area contributed by atoms with Gasteiger partial charge in [-0.2, -0.15) is 0 Å². The summed E-state index contributed by atoms with van der Waals surface area (Å²) < 4.78 is 27.9. The third-order valence-corrected chi connectivity index (χ3v) is 4.77. The molecule has 0 aliphatic carbocycles. The first-order valence-corrected chi connectivity index (χ1v) is 7.51. The molecule has 7 heteroatoms. The molecule has 1 aliphatic heterocycles. The van der Waals surface area contributed by atoms with Crippen molar-refractivity contribution in [2.24, 2.45) is 0 Å². The Morgan fingerprint density at radius 2 is 2.38 bits per heavy atom. The van der Waals surface area contributed by atoms with Gasteiger partial charge in [0.2, 0.25) is 5.89 Å². The van der Waals surface area contributed by atoms with Gasteiger partial charge in [-0.1, -0.05) is 17.7 Å². The van der Waals surface area contributed by atoms with E-state index in [0.29, 0.717) is 23.3 Å². The highest BCUT2D eigenvalue weighted by atomic mass is 32.2. The predicted octanol–water partition coefficient (Wildman–Crippen LogP) is 0.697. The lowest BCUT2D eigenvalue weighted by Crippen LogP contribution is -2.03. The number of aromatic nitrogens is 2. The Hall–Kier alpha value is -1.00. The number of rotatable bonds is 3. The van der Waals surface area contributed by atoms with Crippen LogP contribution in [0.5, 0.6) is 0 Å². The second-order valence-corrected chi connectivity index (χ2v) is 6.65. The van der Waals surface area contributed by atoms with Crippen LogP contribution in [0.2, 0.25) is 0 Å². The molecule has 0 N–H and O–H groups in total. The quantitative estimate of drug-likeness (QED) is 0.587. The van der Waals surface area contributed by atoms with Gasteiger partial charge in [0.05, 0.1) is 23.2 Å². The van der Waals surface area contributed by atoms with Crippen LogP contribution in [-0.4, -0.2) is 35.9 Å². The van der Waals surface area contributed by atoms with E-state index in [0.717, 1.165) is 0 Å². The molecule has 1 atom stereocenters. The van der Waals surface area contributed by atoms with E-state index in [9.17, 15) is 8.42 Å². The van der Waals surface area contributed by atoms with Gasteiger partial charge in [0, 0.05) is 0 Å². The molecule has 86 valence electrons. The average Bonchev–Trinajstić information content (AvgIpc) is 2.81. The molecular formula is C9H10N2O3S2. The summed E-state index contributed by atoms with van der Waals surface area (Å²) in [6.07, 6.45) is 5.66. The van der Waals surface area contributed by atoms with Crippen molar-refractivity contribution in [3.05, 3.63) is 5.89 Å². The van der Waals surface area contributed by atoms with Crippen molar-refractivity contribution in [3.8, 4) is 12.3 Å². The van der Waals surface area contributed by atoms with Gasteiger partial charge in [-0.05, 0) is 6.42 Å². The van der Waals surface area contributed by atoms with E-state index in [1.54, 1.807) is 0 Å².